The molecule has 5 rings (SSSR count). The fourth-order valence-corrected chi connectivity index (χ4v) is 5.20. The Bertz CT molecular complexity index is 1400. The standard InChI is InChI=1S/C30H30F3N3O/c31-30(32,33)24-14-12-23(13-15-24)21-28-26-10-4-5-11-27(26)29(37)36(34-28)25-9-6-18-35(20-17-25)19-16-22-7-2-1-3-8-22/h1-5,7-8,10-15,25H,6,9,16-21H2. The first-order valence-electron chi connectivity index (χ1n) is 12.8. The van der Waals surface area contributed by atoms with Crippen molar-refractivity contribution < 1.29 is 13.2 Å². The smallest absolute Gasteiger partial charge is 0.303 e. The number of nitrogens with zero attached hydrogens (tertiary/aromatic N) is 3. The molecule has 0 amide bonds. The van der Waals surface area contributed by atoms with Crippen LogP contribution in [0.2, 0.25) is 0 Å². The first-order chi connectivity index (χ1) is 17.9. The van der Waals surface area contributed by atoms with E-state index in [2.05, 4.69) is 29.2 Å². The summed E-state index contributed by atoms with van der Waals surface area (Å²) >= 11 is 0. The van der Waals surface area contributed by atoms with E-state index in [0.29, 0.717) is 17.5 Å². The topological polar surface area (TPSA) is 38.1 Å². The Kier molecular flexibility index (Phi) is 7.42. The Balaban J connectivity index is 1.37. The molecule has 0 radical (unpaired) electrons. The van der Waals surface area contributed by atoms with Crippen LogP contribution in [0.4, 0.5) is 13.2 Å². The van der Waals surface area contributed by atoms with Gasteiger partial charge in [-0.25, -0.2) is 4.68 Å². The van der Waals surface area contributed by atoms with Crippen molar-refractivity contribution in [2.75, 3.05) is 19.6 Å². The van der Waals surface area contributed by atoms with Crippen molar-refractivity contribution in [3.63, 3.8) is 0 Å². The van der Waals surface area contributed by atoms with Crippen LogP contribution < -0.4 is 5.56 Å². The van der Waals surface area contributed by atoms with Gasteiger partial charge in [-0.3, -0.25) is 4.79 Å². The van der Waals surface area contributed by atoms with E-state index in [1.165, 1.54) is 17.7 Å². The lowest BCUT2D eigenvalue weighted by molar-refractivity contribution is -0.137. The fraction of sp³-hybridized carbons (Fsp3) is 0.333. The van der Waals surface area contributed by atoms with Gasteiger partial charge in [-0.2, -0.15) is 18.3 Å². The average Bonchev–Trinajstić information content (AvgIpc) is 3.15. The lowest BCUT2D eigenvalue weighted by Crippen LogP contribution is -2.30. The van der Waals surface area contributed by atoms with Crippen molar-refractivity contribution in [3.05, 3.63) is 112 Å². The number of hydrogen-bond donors (Lipinski definition) is 0. The molecule has 1 aliphatic rings. The van der Waals surface area contributed by atoms with E-state index in [1.54, 1.807) is 4.68 Å². The molecule has 1 fully saturated rings. The van der Waals surface area contributed by atoms with Crippen LogP contribution in [-0.4, -0.2) is 34.3 Å². The molecule has 0 bridgehead atoms. The minimum absolute atomic E-state index is 0.00909. The second kappa shape index (κ2) is 10.9. The molecule has 0 spiro atoms. The summed E-state index contributed by atoms with van der Waals surface area (Å²) in [5, 5.41) is 6.17. The van der Waals surface area contributed by atoms with Gasteiger partial charge in [0.2, 0.25) is 0 Å². The quantitative estimate of drug-likeness (QED) is 0.310. The van der Waals surface area contributed by atoms with Gasteiger partial charge in [0.15, 0.2) is 0 Å². The van der Waals surface area contributed by atoms with E-state index in [9.17, 15) is 18.0 Å². The predicted molar refractivity (Wildman–Crippen MR) is 140 cm³/mol. The second-order valence-corrected chi connectivity index (χ2v) is 9.78. The predicted octanol–water partition coefficient (Wildman–Crippen LogP) is 6.28. The molecule has 1 atom stereocenters. The van der Waals surface area contributed by atoms with Gasteiger partial charge in [-0.1, -0.05) is 60.7 Å². The van der Waals surface area contributed by atoms with Gasteiger partial charge in [-0.05, 0) is 61.6 Å². The average molecular weight is 506 g/mol. The SMILES string of the molecule is O=c1c2ccccc2c(Cc2ccc(C(F)(F)F)cc2)nn1C1CCCN(CCc2ccccc2)CC1. The van der Waals surface area contributed by atoms with Crippen molar-refractivity contribution in [2.45, 2.75) is 44.3 Å². The Labute approximate surface area is 214 Å². The zero-order chi connectivity index (χ0) is 25.8. The van der Waals surface area contributed by atoms with Crippen LogP contribution in [0.1, 0.15) is 47.7 Å². The molecule has 3 aromatic carbocycles. The number of rotatable bonds is 6. The molecule has 192 valence electrons. The van der Waals surface area contributed by atoms with E-state index < -0.39 is 11.7 Å². The molecule has 1 saturated heterocycles. The number of fused-ring (bicyclic) bond motifs is 1. The largest absolute Gasteiger partial charge is 0.416 e. The number of benzene rings is 3. The molecule has 4 aromatic rings. The molecular formula is C30H30F3N3O. The van der Waals surface area contributed by atoms with Crippen molar-refractivity contribution in [3.8, 4) is 0 Å². The lowest BCUT2D eigenvalue weighted by Gasteiger charge is -2.21. The maximum absolute atomic E-state index is 13.5. The van der Waals surface area contributed by atoms with Crippen LogP contribution in [0, 0.1) is 0 Å². The molecule has 1 unspecified atom stereocenters. The molecule has 0 aliphatic carbocycles. The Morgan fingerprint density at radius 1 is 0.811 bits per heavy atom. The van der Waals surface area contributed by atoms with Gasteiger partial charge in [-0.15, -0.1) is 0 Å². The minimum atomic E-state index is -4.37. The summed E-state index contributed by atoms with van der Waals surface area (Å²) in [6.07, 6.45) is -0.335. The number of hydrogen-bond acceptors (Lipinski definition) is 3. The van der Waals surface area contributed by atoms with E-state index in [0.717, 1.165) is 68.4 Å². The van der Waals surface area contributed by atoms with E-state index in [4.69, 9.17) is 5.10 Å². The van der Waals surface area contributed by atoms with E-state index in [1.807, 2.05) is 30.3 Å². The van der Waals surface area contributed by atoms with Gasteiger partial charge >= 0.3 is 6.18 Å². The van der Waals surface area contributed by atoms with Gasteiger partial charge in [0.25, 0.3) is 5.56 Å². The molecule has 1 aliphatic heterocycles. The fourth-order valence-electron chi connectivity index (χ4n) is 5.20. The number of alkyl halides is 3. The summed E-state index contributed by atoms with van der Waals surface area (Å²) in [7, 11) is 0. The van der Waals surface area contributed by atoms with E-state index >= 15 is 0 Å². The van der Waals surface area contributed by atoms with Gasteiger partial charge in [0.1, 0.15) is 0 Å². The van der Waals surface area contributed by atoms with Crippen molar-refractivity contribution in [1.29, 1.82) is 0 Å². The zero-order valence-electron chi connectivity index (χ0n) is 20.6. The normalized spacial score (nSPS) is 17.1. The van der Waals surface area contributed by atoms with Crippen molar-refractivity contribution in [1.82, 2.24) is 14.7 Å². The van der Waals surface area contributed by atoms with Crippen LogP contribution in [0.25, 0.3) is 10.8 Å². The van der Waals surface area contributed by atoms with Gasteiger partial charge < -0.3 is 4.90 Å². The van der Waals surface area contributed by atoms with Crippen molar-refractivity contribution >= 4 is 10.8 Å². The van der Waals surface area contributed by atoms with Crippen LogP contribution in [0.15, 0.2) is 83.7 Å². The van der Waals surface area contributed by atoms with E-state index in [-0.39, 0.29) is 11.6 Å². The molecule has 1 aromatic heterocycles. The van der Waals surface area contributed by atoms with Crippen LogP contribution in [-0.2, 0) is 19.0 Å². The molecule has 7 heteroatoms. The van der Waals surface area contributed by atoms with Crippen LogP contribution in [0.3, 0.4) is 0 Å². The summed E-state index contributed by atoms with van der Waals surface area (Å²) in [6.45, 7) is 2.87. The number of aromatic nitrogens is 2. The third-order valence-corrected chi connectivity index (χ3v) is 7.25. The molecule has 0 saturated carbocycles. The van der Waals surface area contributed by atoms with Crippen LogP contribution in [0.5, 0.6) is 0 Å². The highest BCUT2D eigenvalue weighted by atomic mass is 19.4. The molecule has 4 nitrogen and oxygen atoms in total. The molecule has 2 heterocycles. The van der Waals surface area contributed by atoms with Gasteiger partial charge in [0.05, 0.1) is 22.7 Å². The monoisotopic (exact) mass is 505 g/mol. The lowest BCUT2D eigenvalue weighted by atomic mass is 10.0. The Morgan fingerprint density at radius 2 is 1.51 bits per heavy atom. The summed E-state index contributed by atoms with van der Waals surface area (Å²) < 4.78 is 40.6. The molecule has 0 N–H and O–H groups in total. The number of halogens is 3. The second-order valence-electron chi connectivity index (χ2n) is 9.78. The summed E-state index contributed by atoms with van der Waals surface area (Å²) in [5.74, 6) is 0. The summed E-state index contributed by atoms with van der Waals surface area (Å²) in [6, 6.07) is 23.0. The highest BCUT2D eigenvalue weighted by Gasteiger charge is 2.30. The number of likely N-dealkylation sites (tertiary alicyclic amines) is 1. The first-order valence-corrected chi connectivity index (χ1v) is 12.8. The summed E-state index contributed by atoms with van der Waals surface area (Å²) in [5.41, 5.74) is 1.98. The minimum Gasteiger partial charge on any atom is -0.303 e. The third kappa shape index (κ3) is 5.93. The third-order valence-electron chi connectivity index (χ3n) is 7.25. The van der Waals surface area contributed by atoms with Crippen LogP contribution >= 0.6 is 0 Å². The highest BCUT2D eigenvalue weighted by Crippen LogP contribution is 2.30. The van der Waals surface area contributed by atoms with Crippen molar-refractivity contribution in [2.24, 2.45) is 0 Å². The Morgan fingerprint density at radius 3 is 2.24 bits per heavy atom. The zero-order valence-corrected chi connectivity index (χ0v) is 20.6. The maximum atomic E-state index is 13.5. The summed E-state index contributed by atoms with van der Waals surface area (Å²) in [4.78, 5) is 15.9. The Hall–Kier alpha value is -3.45. The molecular weight excluding hydrogens is 475 g/mol. The first kappa shape index (κ1) is 25.2. The van der Waals surface area contributed by atoms with Gasteiger partial charge in [0, 0.05) is 24.9 Å². The highest BCUT2D eigenvalue weighted by molar-refractivity contribution is 5.83. The maximum Gasteiger partial charge on any atom is 0.416 e. The molecule has 37 heavy (non-hydrogen) atoms.